The van der Waals surface area contributed by atoms with Crippen molar-refractivity contribution in [2.75, 3.05) is 24.6 Å². The van der Waals surface area contributed by atoms with E-state index in [2.05, 4.69) is 0 Å². The molecule has 0 atom stereocenters. The van der Waals surface area contributed by atoms with Crippen molar-refractivity contribution in [2.45, 2.75) is 25.2 Å². The Morgan fingerprint density at radius 1 is 1.10 bits per heavy atom. The molecule has 1 aliphatic rings. The van der Waals surface area contributed by atoms with Gasteiger partial charge in [-0.3, -0.25) is 0 Å². The zero-order chi connectivity index (χ0) is 15.8. The van der Waals surface area contributed by atoms with E-state index in [4.69, 9.17) is 0 Å². The molecule has 0 amide bonds. The van der Waals surface area contributed by atoms with Crippen LogP contribution in [0.5, 0.6) is 0 Å². The molecular formula is C13H18FNO4S2. The average Bonchev–Trinajstić information content (AvgIpc) is 2.48. The second-order valence-electron chi connectivity index (χ2n) is 5.28. The number of benzene rings is 1. The lowest BCUT2D eigenvalue weighted by Crippen LogP contribution is -2.34. The molecule has 1 aliphatic heterocycles. The first-order chi connectivity index (χ1) is 9.63. The quantitative estimate of drug-likeness (QED) is 0.815. The van der Waals surface area contributed by atoms with Gasteiger partial charge in [0, 0.05) is 13.1 Å². The fourth-order valence-electron chi connectivity index (χ4n) is 2.59. The van der Waals surface area contributed by atoms with Crippen molar-refractivity contribution in [2.24, 2.45) is 0 Å². The summed E-state index contributed by atoms with van der Waals surface area (Å²) < 4.78 is 63.1. The smallest absolute Gasteiger partial charge is 0.229 e. The fraction of sp³-hybridized carbons (Fsp3) is 0.538. The Morgan fingerprint density at radius 2 is 1.67 bits per heavy atom. The third-order valence-electron chi connectivity index (χ3n) is 3.54. The molecule has 5 nitrogen and oxygen atoms in total. The molecule has 8 heteroatoms. The molecule has 1 saturated heterocycles. The van der Waals surface area contributed by atoms with E-state index in [1.165, 1.54) is 30.3 Å². The predicted octanol–water partition coefficient (Wildman–Crippen LogP) is 1.25. The van der Waals surface area contributed by atoms with E-state index < -0.39 is 25.7 Å². The molecule has 21 heavy (non-hydrogen) atoms. The predicted molar refractivity (Wildman–Crippen MR) is 77.9 cm³/mol. The Bertz CT molecular complexity index is 733. The maximum absolute atomic E-state index is 13.3. The van der Waals surface area contributed by atoms with Crippen molar-refractivity contribution in [3.63, 3.8) is 0 Å². The highest BCUT2D eigenvalue weighted by Gasteiger charge is 2.31. The van der Waals surface area contributed by atoms with E-state index in [0.717, 1.165) is 0 Å². The molecule has 0 bridgehead atoms. The van der Waals surface area contributed by atoms with Crippen LogP contribution < -0.4 is 0 Å². The van der Waals surface area contributed by atoms with Crippen LogP contribution in [-0.2, 0) is 19.9 Å². The monoisotopic (exact) mass is 335 g/mol. The number of sulfonamides is 1. The van der Waals surface area contributed by atoms with E-state index in [9.17, 15) is 21.2 Å². The van der Waals surface area contributed by atoms with Gasteiger partial charge in [-0.2, -0.15) is 4.31 Å². The lowest BCUT2D eigenvalue weighted by molar-refractivity contribution is 0.434. The lowest BCUT2D eigenvalue weighted by Gasteiger charge is -2.22. The number of sulfone groups is 1. The van der Waals surface area contributed by atoms with Gasteiger partial charge < -0.3 is 0 Å². The SMILES string of the molecule is Cc1cc(F)cc(C)c1S(=O)(=O)N1CCCS(=O)(=O)CC1. The molecule has 2 rings (SSSR count). The minimum absolute atomic E-state index is 0.000399. The summed E-state index contributed by atoms with van der Waals surface area (Å²) in [4.78, 5) is 0.0724. The third kappa shape index (κ3) is 3.44. The van der Waals surface area contributed by atoms with Gasteiger partial charge in [0.1, 0.15) is 5.82 Å². The van der Waals surface area contributed by atoms with Crippen molar-refractivity contribution in [3.8, 4) is 0 Å². The molecule has 1 aromatic carbocycles. The molecule has 1 heterocycles. The van der Waals surface area contributed by atoms with Gasteiger partial charge in [-0.05, 0) is 43.5 Å². The first kappa shape index (κ1) is 16.4. The van der Waals surface area contributed by atoms with Crippen LogP contribution in [0, 0.1) is 19.7 Å². The van der Waals surface area contributed by atoms with Gasteiger partial charge >= 0.3 is 0 Å². The van der Waals surface area contributed by atoms with Gasteiger partial charge in [-0.1, -0.05) is 0 Å². The van der Waals surface area contributed by atoms with Gasteiger partial charge in [-0.15, -0.1) is 0 Å². The summed E-state index contributed by atoms with van der Waals surface area (Å²) in [7, 11) is -7.00. The first-order valence-electron chi connectivity index (χ1n) is 6.61. The number of nitrogens with zero attached hydrogens (tertiary/aromatic N) is 1. The molecule has 0 unspecified atom stereocenters. The second-order valence-corrected chi connectivity index (χ2v) is 9.46. The maximum atomic E-state index is 13.3. The normalized spacial score (nSPS) is 20.1. The number of rotatable bonds is 2. The van der Waals surface area contributed by atoms with Crippen LogP contribution in [0.4, 0.5) is 4.39 Å². The Morgan fingerprint density at radius 3 is 2.24 bits per heavy atom. The van der Waals surface area contributed by atoms with Crippen molar-refractivity contribution >= 4 is 19.9 Å². The summed E-state index contributed by atoms with van der Waals surface area (Å²) in [6.45, 7) is 3.19. The highest BCUT2D eigenvalue weighted by atomic mass is 32.2. The van der Waals surface area contributed by atoms with Crippen LogP contribution in [-0.4, -0.2) is 45.7 Å². The molecule has 0 spiro atoms. The van der Waals surface area contributed by atoms with E-state index in [-0.39, 0.29) is 35.9 Å². The zero-order valence-corrected chi connectivity index (χ0v) is 13.6. The maximum Gasteiger partial charge on any atom is 0.243 e. The summed E-state index contributed by atoms with van der Waals surface area (Å²) in [5.41, 5.74) is 0.666. The fourth-order valence-corrected chi connectivity index (χ4v) is 5.87. The van der Waals surface area contributed by atoms with Gasteiger partial charge in [0.05, 0.1) is 16.4 Å². The zero-order valence-electron chi connectivity index (χ0n) is 12.0. The van der Waals surface area contributed by atoms with E-state index in [0.29, 0.717) is 11.1 Å². The Hall–Kier alpha value is -0.990. The summed E-state index contributed by atoms with van der Waals surface area (Å²) in [5, 5.41) is 0. The topological polar surface area (TPSA) is 71.5 Å². The van der Waals surface area contributed by atoms with Crippen LogP contribution in [0.25, 0.3) is 0 Å². The van der Waals surface area contributed by atoms with Crippen LogP contribution in [0.2, 0.25) is 0 Å². The number of aryl methyl sites for hydroxylation is 2. The molecule has 0 N–H and O–H groups in total. The molecule has 1 fully saturated rings. The molecule has 118 valence electrons. The van der Waals surface area contributed by atoms with Crippen LogP contribution in [0.15, 0.2) is 17.0 Å². The van der Waals surface area contributed by atoms with Gasteiger partial charge in [0.25, 0.3) is 0 Å². The molecular weight excluding hydrogens is 317 g/mol. The average molecular weight is 335 g/mol. The number of hydrogen-bond acceptors (Lipinski definition) is 4. The minimum atomic E-state index is -3.81. The molecule has 0 radical (unpaired) electrons. The van der Waals surface area contributed by atoms with Crippen LogP contribution in [0.3, 0.4) is 0 Å². The highest BCUT2D eigenvalue weighted by molar-refractivity contribution is 7.91. The molecule has 0 saturated carbocycles. The summed E-state index contributed by atoms with van der Waals surface area (Å²) in [5.74, 6) is -0.659. The molecule has 0 aromatic heterocycles. The van der Waals surface area contributed by atoms with Crippen LogP contribution in [0.1, 0.15) is 17.5 Å². The van der Waals surface area contributed by atoms with Gasteiger partial charge in [-0.25, -0.2) is 21.2 Å². The largest absolute Gasteiger partial charge is 0.243 e. The summed E-state index contributed by atoms with van der Waals surface area (Å²) >= 11 is 0. The first-order valence-corrected chi connectivity index (χ1v) is 9.87. The Labute approximate surface area is 124 Å². The highest BCUT2D eigenvalue weighted by Crippen LogP contribution is 2.26. The minimum Gasteiger partial charge on any atom is -0.229 e. The molecule has 1 aromatic rings. The van der Waals surface area contributed by atoms with Crippen molar-refractivity contribution < 1.29 is 21.2 Å². The standard InChI is InChI=1S/C13H18FNO4S2/c1-10-8-12(14)9-11(2)13(10)21(18,19)15-4-3-6-20(16,17)7-5-15/h8-9H,3-7H2,1-2H3. The Balaban J connectivity index is 2.43. The third-order valence-corrected chi connectivity index (χ3v) is 7.46. The number of halogens is 1. The van der Waals surface area contributed by atoms with Gasteiger partial charge in [0.15, 0.2) is 9.84 Å². The second kappa shape index (κ2) is 5.66. The summed E-state index contributed by atoms with van der Waals surface area (Å²) in [6, 6.07) is 2.35. The lowest BCUT2D eigenvalue weighted by atomic mass is 10.1. The summed E-state index contributed by atoms with van der Waals surface area (Å²) in [6.07, 6.45) is 0.279. The van der Waals surface area contributed by atoms with E-state index in [1.54, 1.807) is 0 Å². The van der Waals surface area contributed by atoms with E-state index in [1.807, 2.05) is 0 Å². The van der Waals surface area contributed by atoms with E-state index >= 15 is 0 Å². The van der Waals surface area contributed by atoms with Crippen LogP contribution >= 0.6 is 0 Å². The van der Waals surface area contributed by atoms with Crippen molar-refractivity contribution in [1.82, 2.24) is 4.31 Å². The molecule has 0 aliphatic carbocycles. The van der Waals surface area contributed by atoms with Gasteiger partial charge in [0.2, 0.25) is 10.0 Å². The number of hydrogen-bond donors (Lipinski definition) is 0. The van der Waals surface area contributed by atoms with Crippen molar-refractivity contribution in [1.29, 1.82) is 0 Å². The van der Waals surface area contributed by atoms with Crippen molar-refractivity contribution in [3.05, 3.63) is 29.1 Å². The Kier molecular flexibility index (Phi) is 4.41.